The first-order valence-corrected chi connectivity index (χ1v) is 8.23. The highest BCUT2D eigenvalue weighted by Gasteiger charge is 2.11. The van der Waals surface area contributed by atoms with E-state index in [-0.39, 0.29) is 0 Å². The Morgan fingerprint density at radius 2 is 1.90 bits per heavy atom. The molecule has 112 valence electrons. The molecule has 0 bridgehead atoms. The van der Waals surface area contributed by atoms with Crippen LogP contribution < -0.4 is 5.32 Å². The number of benzene rings is 1. The summed E-state index contributed by atoms with van der Waals surface area (Å²) in [6.07, 6.45) is 1.77. The van der Waals surface area contributed by atoms with E-state index in [1.54, 1.807) is 0 Å². The second-order valence-corrected chi connectivity index (χ2v) is 6.48. The Morgan fingerprint density at radius 3 is 2.57 bits per heavy atom. The maximum Gasteiger partial charge on any atom is 0.138 e. The number of hydrogen-bond acceptors (Lipinski definition) is 3. The summed E-state index contributed by atoms with van der Waals surface area (Å²) in [5, 5.41) is 4.46. The van der Waals surface area contributed by atoms with Crippen molar-refractivity contribution in [1.29, 1.82) is 0 Å². The van der Waals surface area contributed by atoms with Gasteiger partial charge in [-0.3, -0.25) is 0 Å². The van der Waals surface area contributed by atoms with Gasteiger partial charge in [0.1, 0.15) is 16.8 Å². The van der Waals surface area contributed by atoms with Gasteiger partial charge in [-0.25, -0.2) is 9.97 Å². The van der Waals surface area contributed by atoms with Crippen molar-refractivity contribution in [3.63, 3.8) is 0 Å². The molecule has 0 atom stereocenters. The van der Waals surface area contributed by atoms with Crippen LogP contribution in [0.15, 0.2) is 16.6 Å². The van der Waals surface area contributed by atoms with Crippen LogP contribution in [0.2, 0.25) is 10.2 Å². The van der Waals surface area contributed by atoms with Gasteiger partial charge in [-0.15, -0.1) is 0 Å². The molecule has 1 heterocycles. The Hall–Kier alpha value is -0.840. The number of aryl methyl sites for hydroxylation is 2. The van der Waals surface area contributed by atoms with Gasteiger partial charge in [0.2, 0.25) is 0 Å². The number of hydrogen-bond donors (Lipinski definition) is 1. The molecule has 0 fully saturated rings. The first-order chi connectivity index (χ1) is 9.92. The summed E-state index contributed by atoms with van der Waals surface area (Å²) in [6, 6.07) is 3.84. The van der Waals surface area contributed by atoms with Crippen LogP contribution in [0, 0.1) is 13.8 Å². The third-order valence-corrected chi connectivity index (χ3v) is 4.54. The van der Waals surface area contributed by atoms with Crippen molar-refractivity contribution in [3.05, 3.63) is 43.7 Å². The SMILES string of the molecule is CCCc1nc(Cl)c(C)c(Nc2cc(Cl)c(C)cc2Br)n1. The largest absolute Gasteiger partial charge is 0.339 e. The molecule has 1 aromatic heterocycles. The summed E-state index contributed by atoms with van der Waals surface area (Å²) in [6.45, 7) is 5.94. The quantitative estimate of drug-likeness (QED) is 0.666. The molecule has 1 N–H and O–H groups in total. The molecule has 0 aliphatic carbocycles. The molecular weight excluding hydrogens is 373 g/mol. The molecule has 21 heavy (non-hydrogen) atoms. The highest BCUT2D eigenvalue weighted by Crippen LogP contribution is 2.32. The fourth-order valence-electron chi connectivity index (χ4n) is 1.86. The van der Waals surface area contributed by atoms with E-state index in [0.29, 0.717) is 16.0 Å². The second kappa shape index (κ2) is 6.95. The Morgan fingerprint density at radius 1 is 1.19 bits per heavy atom. The van der Waals surface area contributed by atoms with Crippen LogP contribution >= 0.6 is 39.1 Å². The summed E-state index contributed by atoms with van der Waals surface area (Å²) >= 11 is 15.9. The summed E-state index contributed by atoms with van der Waals surface area (Å²) in [5.74, 6) is 1.45. The van der Waals surface area contributed by atoms with Gasteiger partial charge in [-0.05, 0) is 53.9 Å². The van der Waals surface area contributed by atoms with E-state index in [4.69, 9.17) is 23.2 Å². The lowest BCUT2D eigenvalue weighted by molar-refractivity contribution is 0.833. The van der Waals surface area contributed by atoms with E-state index in [1.165, 1.54) is 0 Å². The van der Waals surface area contributed by atoms with Gasteiger partial charge in [0.05, 0.1) is 5.69 Å². The van der Waals surface area contributed by atoms with Crippen molar-refractivity contribution in [2.45, 2.75) is 33.6 Å². The van der Waals surface area contributed by atoms with Crippen LogP contribution in [0.3, 0.4) is 0 Å². The molecular formula is C15H16BrCl2N3. The molecule has 0 saturated carbocycles. The molecule has 0 aliphatic heterocycles. The lowest BCUT2D eigenvalue weighted by atomic mass is 10.2. The molecule has 1 aromatic carbocycles. The van der Waals surface area contributed by atoms with Crippen LogP contribution in [0.25, 0.3) is 0 Å². The van der Waals surface area contributed by atoms with Crippen LogP contribution in [-0.4, -0.2) is 9.97 Å². The smallest absolute Gasteiger partial charge is 0.138 e. The van der Waals surface area contributed by atoms with E-state index >= 15 is 0 Å². The fourth-order valence-corrected chi connectivity index (χ4v) is 2.77. The van der Waals surface area contributed by atoms with Gasteiger partial charge in [-0.1, -0.05) is 30.1 Å². The molecule has 0 spiro atoms. The molecule has 0 saturated heterocycles. The summed E-state index contributed by atoms with van der Waals surface area (Å²) in [4.78, 5) is 8.84. The molecule has 6 heteroatoms. The third kappa shape index (κ3) is 3.87. The van der Waals surface area contributed by atoms with Crippen LogP contribution in [0.5, 0.6) is 0 Å². The zero-order valence-electron chi connectivity index (χ0n) is 12.1. The Balaban J connectivity index is 2.41. The van der Waals surface area contributed by atoms with Gasteiger partial charge in [0.25, 0.3) is 0 Å². The lowest BCUT2D eigenvalue weighted by Gasteiger charge is -2.13. The van der Waals surface area contributed by atoms with Gasteiger partial charge in [-0.2, -0.15) is 0 Å². The van der Waals surface area contributed by atoms with Crippen molar-refractivity contribution >= 4 is 50.6 Å². The fraction of sp³-hybridized carbons (Fsp3) is 0.333. The van der Waals surface area contributed by atoms with Crippen molar-refractivity contribution in [2.24, 2.45) is 0 Å². The molecule has 0 radical (unpaired) electrons. The standard InChI is InChI=1S/C15H16BrCl2N3/c1-4-5-13-20-14(18)9(3)15(21-13)19-12-7-11(17)8(2)6-10(12)16/h6-7H,4-5H2,1-3H3,(H,19,20,21). The lowest BCUT2D eigenvalue weighted by Crippen LogP contribution is -2.04. The van der Waals surface area contributed by atoms with E-state index in [9.17, 15) is 0 Å². The number of nitrogens with zero attached hydrogens (tertiary/aromatic N) is 2. The van der Waals surface area contributed by atoms with Crippen LogP contribution in [0.1, 0.15) is 30.3 Å². The van der Waals surface area contributed by atoms with E-state index in [1.807, 2.05) is 26.0 Å². The molecule has 3 nitrogen and oxygen atoms in total. The number of halogens is 3. The van der Waals surface area contributed by atoms with E-state index in [0.717, 1.165) is 40.0 Å². The van der Waals surface area contributed by atoms with Crippen molar-refractivity contribution in [3.8, 4) is 0 Å². The maximum atomic E-state index is 6.19. The zero-order valence-corrected chi connectivity index (χ0v) is 15.2. The second-order valence-electron chi connectivity index (χ2n) is 4.86. The summed E-state index contributed by atoms with van der Waals surface area (Å²) in [7, 11) is 0. The van der Waals surface area contributed by atoms with Gasteiger partial charge >= 0.3 is 0 Å². The monoisotopic (exact) mass is 387 g/mol. The minimum atomic E-state index is 0.477. The number of aromatic nitrogens is 2. The number of nitrogens with one attached hydrogen (secondary N) is 1. The number of rotatable bonds is 4. The predicted molar refractivity (Wildman–Crippen MR) is 92.9 cm³/mol. The molecule has 2 rings (SSSR count). The zero-order chi connectivity index (χ0) is 15.6. The maximum absolute atomic E-state index is 6.19. The van der Waals surface area contributed by atoms with Gasteiger partial charge < -0.3 is 5.32 Å². The Kier molecular flexibility index (Phi) is 5.47. The highest BCUT2D eigenvalue weighted by molar-refractivity contribution is 9.10. The average molecular weight is 389 g/mol. The van der Waals surface area contributed by atoms with E-state index in [2.05, 4.69) is 38.1 Å². The van der Waals surface area contributed by atoms with Gasteiger partial charge in [0, 0.05) is 21.5 Å². The van der Waals surface area contributed by atoms with Crippen molar-refractivity contribution < 1.29 is 0 Å². The van der Waals surface area contributed by atoms with Crippen molar-refractivity contribution in [1.82, 2.24) is 9.97 Å². The van der Waals surface area contributed by atoms with Gasteiger partial charge in [0.15, 0.2) is 0 Å². The Bertz CT molecular complexity index is 674. The number of anilines is 2. The first kappa shape index (κ1) is 16.5. The highest BCUT2D eigenvalue weighted by atomic mass is 79.9. The minimum Gasteiger partial charge on any atom is -0.339 e. The Labute approximate surface area is 143 Å². The topological polar surface area (TPSA) is 37.8 Å². The summed E-state index contributed by atoms with van der Waals surface area (Å²) in [5.41, 5.74) is 2.68. The normalized spacial score (nSPS) is 10.8. The molecule has 0 aliphatic rings. The predicted octanol–water partition coefficient (Wildman–Crippen LogP) is 5.86. The molecule has 2 aromatic rings. The third-order valence-electron chi connectivity index (χ3n) is 3.11. The van der Waals surface area contributed by atoms with Crippen LogP contribution in [-0.2, 0) is 6.42 Å². The molecule has 0 amide bonds. The van der Waals surface area contributed by atoms with Crippen molar-refractivity contribution in [2.75, 3.05) is 5.32 Å². The first-order valence-electron chi connectivity index (χ1n) is 6.68. The average Bonchev–Trinajstić information content (AvgIpc) is 2.42. The summed E-state index contributed by atoms with van der Waals surface area (Å²) < 4.78 is 0.926. The molecule has 0 unspecified atom stereocenters. The van der Waals surface area contributed by atoms with E-state index < -0.39 is 0 Å². The minimum absolute atomic E-state index is 0.477. The van der Waals surface area contributed by atoms with Crippen LogP contribution in [0.4, 0.5) is 11.5 Å².